The van der Waals surface area contributed by atoms with Gasteiger partial charge in [-0.3, -0.25) is 4.79 Å². The van der Waals surface area contributed by atoms with E-state index in [2.05, 4.69) is 26.9 Å². The molecule has 0 bridgehead atoms. The molecule has 1 saturated heterocycles. The summed E-state index contributed by atoms with van der Waals surface area (Å²) in [6.07, 6.45) is 4.38. The lowest BCUT2D eigenvalue weighted by Crippen LogP contribution is -2.44. The second-order valence-corrected chi connectivity index (χ2v) is 5.55. The van der Waals surface area contributed by atoms with E-state index in [1.54, 1.807) is 0 Å². The Kier molecular flexibility index (Phi) is 2.51. The minimum absolute atomic E-state index is 0.311. The number of ketones is 1. The van der Waals surface area contributed by atoms with E-state index < -0.39 is 0 Å². The van der Waals surface area contributed by atoms with E-state index in [0.29, 0.717) is 18.2 Å². The first-order chi connectivity index (χ1) is 7.75. The molecule has 0 N–H and O–H groups in total. The van der Waals surface area contributed by atoms with Gasteiger partial charge in [-0.15, -0.1) is 0 Å². The summed E-state index contributed by atoms with van der Waals surface area (Å²) in [4.78, 5) is 14.4. The lowest BCUT2D eigenvalue weighted by Gasteiger charge is -2.41. The molecule has 0 aliphatic carbocycles. The summed E-state index contributed by atoms with van der Waals surface area (Å²) in [6, 6.07) is 6.45. The Morgan fingerprint density at radius 1 is 1.31 bits per heavy atom. The molecule has 1 aromatic rings. The maximum absolute atomic E-state index is 12.0. The van der Waals surface area contributed by atoms with Gasteiger partial charge in [0.15, 0.2) is 5.78 Å². The van der Waals surface area contributed by atoms with Crippen LogP contribution in [-0.2, 0) is 0 Å². The molecule has 0 aromatic heterocycles. The molecule has 2 heterocycles. The number of hydrogen-bond donors (Lipinski definition) is 0. The number of nitrogens with zero attached hydrogens (tertiary/aromatic N) is 1. The van der Waals surface area contributed by atoms with E-state index in [0.717, 1.165) is 28.7 Å². The van der Waals surface area contributed by atoms with Crippen LogP contribution >= 0.6 is 15.9 Å². The lowest BCUT2D eigenvalue weighted by molar-refractivity contribution is 0.0961. The number of carbonyl (C=O) groups is 1. The van der Waals surface area contributed by atoms with Crippen molar-refractivity contribution >= 4 is 27.4 Å². The number of fused-ring (bicyclic) bond motifs is 3. The molecule has 3 rings (SSSR count). The normalized spacial score (nSPS) is 23.9. The van der Waals surface area contributed by atoms with Crippen molar-refractivity contribution in [1.82, 2.24) is 0 Å². The minimum atomic E-state index is 0.311. The van der Waals surface area contributed by atoms with Crippen LogP contribution in [0.4, 0.5) is 5.69 Å². The zero-order chi connectivity index (χ0) is 11.1. The predicted molar refractivity (Wildman–Crippen MR) is 68.1 cm³/mol. The van der Waals surface area contributed by atoms with Crippen molar-refractivity contribution in [2.24, 2.45) is 0 Å². The minimum Gasteiger partial charge on any atom is -0.367 e. The smallest absolute Gasteiger partial charge is 0.167 e. The monoisotopic (exact) mass is 279 g/mol. The summed E-state index contributed by atoms with van der Waals surface area (Å²) < 4.78 is 1.06. The summed E-state index contributed by atoms with van der Waals surface area (Å²) in [5.41, 5.74) is 2.04. The maximum atomic E-state index is 12.0. The third kappa shape index (κ3) is 1.58. The summed E-state index contributed by atoms with van der Waals surface area (Å²) >= 11 is 3.49. The SMILES string of the molecule is O=C1CC2CCCCN2c2cc(Br)ccc21. The molecular formula is C13H14BrNO. The van der Waals surface area contributed by atoms with E-state index >= 15 is 0 Å². The fourth-order valence-electron chi connectivity index (χ4n) is 2.83. The van der Waals surface area contributed by atoms with E-state index in [-0.39, 0.29) is 0 Å². The average Bonchev–Trinajstić information content (AvgIpc) is 2.29. The number of carbonyl (C=O) groups excluding carboxylic acids is 1. The van der Waals surface area contributed by atoms with Gasteiger partial charge in [0.1, 0.15) is 0 Å². The first-order valence-electron chi connectivity index (χ1n) is 5.85. The molecule has 84 valence electrons. The Morgan fingerprint density at radius 2 is 2.19 bits per heavy atom. The number of benzene rings is 1. The van der Waals surface area contributed by atoms with Crippen LogP contribution in [0.5, 0.6) is 0 Å². The van der Waals surface area contributed by atoms with E-state index in [9.17, 15) is 4.79 Å². The van der Waals surface area contributed by atoms with Crippen molar-refractivity contribution < 1.29 is 4.79 Å². The van der Waals surface area contributed by atoms with Gasteiger partial charge in [-0.05, 0) is 37.5 Å². The van der Waals surface area contributed by atoms with Crippen LogP contribution in [0, 0.1) is 0 Å². The van der Waals surface area contributed by atoms with Crippen LogP contribution in [0.1, 0.15) is 36.0 Å². The molecule has 2 nitrogen and oxygen atoms in total. The predicted octanol–water partition coefficient (Wildman–Crippen LogP) is 3.39. The van der Waals surface area contributed by atoms with Crippen LogP contribution in [0.3, 0.4) is 0 Å². The largest absolute Gasteiger partial charge is 0.367 e. The number of piperidine rings is 1. The highest BCUT2D eigenvalue weighted by Crippen LogP contribution is 2.36. The van der Waals surface area contributed by atoms with Gasteiger partial charge in [-0.1, -0.05) is 15.9 Å². The third-order valence-corrected chi connectivity index (χ3v) is 4.11. The van der Waals surface area contributed by atoms with Gasteiger partial charge >= 0.3 is 0 Å². The molecule has 1 aromatic carbocycles. The van der Waals surface area contributed by atoms with Gasteiger partial charge in [0.05, 0.1) is 0 Å². The van der Waals surface area contributed by atoms with Crippen LogP contribution in [0.15, 0.2) is 22.7 Å². The van der Waals surface area contributed by atoms with Crippen molar-refractivity contribution in [2.45, 2.75) is 31.7 Å². The van der Waals surface area contributed by atoms with Crippen molar-refractivity contribution in [3.8, 4) is 0 Å². The van der Waals surface area contributed by atoms with Crippen LogP contribution in [0.2, 0.25) is 0 Å². The molecular weight excluding hydrogens is 266 g/mol. The summed E-state index contributed by atoms with van der Waals surface area (Å²) in [6.45, 7) is 1.10. The molecule has 0 spiro atoms. The molecule has 0 saturated carbocycles. The Balaban J connectivity index is 2.09. The highest BCUT2D eigenvalue weighted by Gasteiger charge is 2.32. The van der Waals surface area contributed by atoms with Gasteiger partial charge in [0, 0.05) is 34.7 Å². The second-order valence-electron chi connectivity index (χ2n) is 4.63. The Labute approximate surface area is 104 Å². The van der Waals surface area contributed by atoms with Crippen molar-refractivity contribution in [3.63, 3.8) is 0 Å². The molecule has 2 aliphatic rings. The van der Waals surface area contributed by atoms with Crippen LogP contribution in [-0.4, -0.2) is 18.4 Å². The first-order valence-corrected chi connectivity index (χ1v) is 6.64. The molecule has 1 unspecified atom stereocenters. The zero-order valence-electron chi connectivity index (χ0n) is 9.08. The molecule has 16 heavy (non-hydrogen) atoms. The van der Waals surface area contributed by atoms with E-state index in [4.69, 9.17) is 0 Å². The van der Waals surface area contributed by atoms with Gasteiger partial charge in [-0.25, -0.2) is 0 Å². The Morgan fingerprint density at radius 3 is 3.06 bits per heavy atom. The fourth-order valence-corrected chi connectivity index (χ4v) is 3.18. The molecule has 1 atom stereocenters. The first kappa shape index (κ1) is 10.3. The van der Waals surface area contributed by atoms with Crippen LogP contribution < -0.4 is 4.90 Å². The van der Waals surface area contributed by atoms with Gasteiger partial charge in [0.25, 0.3) is 0 Å². The number of rotatable bonds is 0. The van der Waals surface area contributed by atoms with Gasteiger partial charge in [-0.2, -0.15) is 0 Å². The van der Waals surface area contributed by atoms with Crippen molar-refractivity contribution in [3.05, 3.63) is 28.2 Å². The molecule has 0 amide bonds. The number of halogens is 1. The third-order valence-electron chi connectivity index (χ3n) is 3.62. The zero-order valence-corrected chi connectivity index (χ0v) is 10.7. The second kappa shape index (κ2) is 3.88. The Bertz CT molecular complexity index is 444. The standard InChI is InChI=1S/C13H14BrNO/c14-9-4-5-11-12(7-9)15-6-2-1-3-10(15)8-13(11)16/h4-5,7,10H,1-3,6,8H2. The van der Waals surface area contributed by atoms with Crippen molar-refractivity contribution in [1.29, 1.82) is 0 Å². The fraction of sp³-hybridized carbons (Fsp3) is 0.462. The van der Waals surface area contributed by atoms with Gasteiger partial charge < -0.3 is 4.90 Å². The molecule has 3 heteroatoms. The quantitative estimate of drug-likeness (QED) is 0.726. The highest BCUT2D eigenvalue weighted by molar-refractivity contribution is 9.10. The average molecular weight is 280 g/mol. The topological polar surface area (TPSA) is 20.3 Å². The highest BCUT2D eigenvalue weighted by atomic mass is 79.9. The molecule has 2 aliphatic heterocycles. The van der Waals surface area contributed by atoms with Crippen LogP contribution in [0.25, 0.3) is 0 Å². The van der Waals surface area contributed by atoms with E-state index in [1.807, 2.05) is 12.1 Å². The molecule has 0 radical (unpaired) electrons. The maximum Gasteiger partial charge on any atom is 0.167 e. The number of Topliss-reactive ketones (excluding diaryl/α,β-unsaturated/α-hetero) is 1. The summed E-state index contributed by atoms with van der Waals surface area (Å²) in [7, 11) is 0. The summed E-state index contributed by atoms with van der Waals surface area (Å²) in [5.74, 6) is 0.311. The van der Waals surface area contributed by atoms with Crippen molar-refractivity contribution in [2.75, 3.05) is 11.4 Å². The summed E-state index contributed by atoms with van der Waals surface area (Å²) in [5, 5.41) is 0. The molecule has 1 fully saturated rings. The number of hydrogen-bond acceptors (Lipinski definition) is 2. The lowest BCUT2D eigenvalue weighted by atomic mass is 9.89. The van der Waals surface area contributed by atoms with Gasteiger partial charge in [0.2, 0.25) is 0 Å². The van der Waals surface area contributed by atoms with E-state index in [1.165, 1.54) is 12.8 Å². The number of anilines is 1. The Hall–Kier alpha value is -0.830.